The van der Waals surface area contributed by atoms with Gasteiger partial charge in [-0.25, -0.2) is 8.78 Å². The number of aromatic nitrogens is 1. The van der Waals surface area contributed by atoms with Crippen LogP contribution in [0.25, 0.3) is 0 Å². The zero-order valence-corrected chi connectivity index (χ0v) is 13.2. The Morgan fingerprint density at radius 1 is 1.12 bits per heavy atom. The average molecular weight is 328 g/mol. The standard InChI is InChI=1S/C19H18F2N2O/c20-16-4-5-17(21)15(11-16)12-23-9-2-8-22-7-1-3-18(22)19(23)14-6-10-24-13-14/h1,3-7,10-11,13,19H,2,8-9,12H2/t19-/m1/s1. The van der Waals surface area contributed by atoms with Gasteiger partial charge in [0.1, 0.15) is 11.6 Å². The van der Waals surface area contributed by atoms with Gasteiger partial charge in [-0.1, -0.05) is 0 Å². The van der Waals surface area contributed by atoms with Crippen molar-refractivity contribution in [1.82, 2.24) is 9.47 Å². The summed E-state index contributed by atoms with van der Waals surface area (Å²) in [6, 6.07) is 9.63. The normalized spacial score (nSPS) is 18.3. The summed E-state index contributed by atoms with van der Waals surface area (Å²) < 4.78 is 35.1. The maximum absolute atomic E-state index is 14.1. The first-order valence-electron chi connectivity index (χ1n) is 8.07. The molecule has 0 N–H and O–H groups in total. The molecule has 1 aliphatic heterocycles. The molecule has 0 bridgehead atoms. The largest absolute Gasteiger partial charge is 0.472 e. The molecule has 3 aromatic rings. The number of aryl methyl sites for hydroxylation is 1. The molecule has 3 heterocycles. The molecule has 0 fully saturated rings. The van der Waals surface area contributed by atoms with Crippen molar-refractivity contribution >= 4 is 0 Å². The van der Waals surface area contributed by atoms with E-state index >= 15 is 0 Å². The third-order valence-electron chi connectivity index (χ3n) is 4.59. The molecule has 1 aliphatic rings. The van der Waals surface area contributed by atoms with E-state index in [2.05, 4.69) is 21.7 Å². The fourth-order valence-electron chi connectivity index (χ4n) is 3.51. The van der Waals surface area contributed by atoms with Gasteiger partial charge in [0.25, 0.3) is 0 Å². The zero-order valence-electron chi connectivity index (χ0n) is 13.2. The minimum absolute atomic E-state index is 0.0380. The van der Waals surface area contributed by atoms with Crippen molar-refractivity contribution in [3.63, 3.8) is 0 Å². The SMILES string of the molecule is Fc1ccc(F)c(CN2CCCn3cccc3[C@H]2c2ccoc2)c1. The van der Waals surface area contributed by atoms with E-state index in [0.717, 1.165) is 36.8 Å². The number of hydrogen-bond donors (Lipinski definition) is 0. The molecule has 0 saturated heterocycles. The van der Waals surface area contributed by atoms with Crippen LogP contribution < -0.4 is 0 Å². The van der Waals surface area contributed by atoms with Crippen molar-refractivity contribution in [3.05, 3.63) is 83.6 Å². The Kier molecular flexibility index (Phi) is 3.94. The maximum Gasteiger partial charge on any atom is 0.127 e. The minimum atomic E-state index is -0.413. The fraction of sp³-hybridized carbons (Fsp3) is 0.263. The van der Waals surface area contributed by atoms with Crippen LogP contribution in [0.15, 0.2) is 59.5 Å². The Balaban J connectivity index is 1.74. The Morgan fingerprint density at radius 2 is 2.04 bits per heavy atom. The van der Waals surface area contributed by atoms with E-state index in [9.17, 15) is 8.78 Å². The topological polar surface area (TPSA) is 21.3 Å². The number of rotatable bonds is 3. The van der Waals surface area contributed by atoms with Gasteiger partial charge in [-0.2, -0.15) is 0 Å². The van der Waals surface area contributed by atoms with Gasteiger partial charge in [-0.15, -0.1) is 0 Å². The molecule has 2 aromatic heterocycles. The number of benzene rings is 1. The smallest absolute Gasteiger partial charge is 0.127 e. The summed E-state index contributed by atoms with van der Waals surface area (Å²) in [6.07, 6.45) is 6.39. The summed E-state index contributed by atoms with van der Waals surface area (Å²) in [5, 5.41) is 0. The summed E-state index contributed by atoms with van der Waals surface area (Å²) in [7, 11) is 0. The Labute approximate surface area is 139 Å². The third-order valence-corrected chi connectivity index (χ3v) is 4.59. The van der Waals surface area contributed by atoms with Crippen molar-refractivity contribution in [2.24, 2.45) is 0 Å². The van der Waals surface area contributed by atoms with Gasteiger partial charge in [0, 0.05) is 42.7 Å². The summed E-state index contributed by atoms with van der Waals surface area (Å²) in [6.45, 7) is 2.07. The van der Waals surface area contributed by atoms with Crippen molar-refractivity contribution < 1.29 is 13.2 Å². The van der Waals surface area contributed by atoms with E-state index in [0.29, 0.717) is 12.1 Å². The number of furan rings is 1. The van der Waals surface area contributed by atoms with Gasteiger partial charge in [-0.05, 0) is 42.8 Å². The van der Waals surface area contributed by atoms with E-state index in [1.807, 2.05) is 12.1 Å². The second-order valence-corrected chi connectivity index (χ2v) is 6.15. The Hall–Kier alpha value is -2.40. The number of nitrogens with zero attached hydrogens (tertiary/aromatic N) is 2. The first-order valence-corrected chi connectivity index (χ1v) is 8.07. The molecule has 1 atom stereocenters. The lowest BCUT2D eigenvalue weighted by molar-refractivity contribution is 0.216. The summed E-state index contributed by atoms with van der Waals surface area (Å²) in [4.78, 5) is 2.18. The van der Waals surface area contributed by atoms with E-state index in [1.165, 1.54) is 12.1 Å². The predicted octanol–water partition coefficient (Wildman–Crippen LogP) is 4.35. The van der Waals surface area contributed by atoms with Gasteiger partial charge in [0.2, 0.25) is 0 Å². The Bertz CT molecular complexity index is 826. The number of hydrogen-bond acceptors (Lipinski definition) is 2. The number of fused-ring (bicyclic) bond motifs is 1. The molecule has 0 unspecified atom stereocenters. The maximum atomic E-state index is 14.1. The molecule has 1 aromatic carbocycles. The highest BCUT2D eigenvalue weighted by Gasteiger charge is 2.28. The highest BCUT2D eigenvalue weighted by Crippen LogP contribution is 2.33. The van der Waals surface area contributed by atoms with E-state index in [1.54, 1.807) is 12.5 Å². The van der Waals surface area contributed by atoms with Gasteiger partial charge in [-0.3, -0.25) is 4.90 Å². The van der Waals surface area contributed by atoms with Crippen LogP contribution in [0.5, 0.6) is 0 Å². The first-order chi connectivity index (χ1) is 11.7. The molecule has 0 saturated carbocycles. The van der Waals surface area contributed by atoms with Gasteiger partial charge >= 0.3 is 0 Å². The van der Waals surface area contributed by atoms with Gasteiger partial charge in [0.15, 0.2) is 0 Å². The van der Waals surface area contributed by atoms with Crippen molar-refractivity contribution in [2.45, 2.75) is 25.6 Å². The molecular formula is C19H18F2N2O. The van der Waals surface area contributed by atoms with E-state index < -0.39 is 5.82 Å². The fourth-order valence-corrected chi connectivity index (χ4v) is 3.51. The number of halogens is 2. The van der Waals surface area contributed by atoms with Crippen molar-refractivity contribution in [3.8, 4) is 0 Å². The van der Waals surface area contributed by atoms with Crippen molar-refractivity contribution in [1.29, 1.82) is 0 Å². The Morgan fingerprint density at radius 3 is 2.88 bits per heavy atom. The molecule has 0 radical (unpaired) electrons. The van der Waals surface area contributed by atoms with Crippen LogP contribution in [-0.4, -0.2) is 16.0 Å². The molecule has 0 amide bonds. The molecule has 0 aliphatic carbocycles. The molecule has 4 rings (SSSR count). The molecule has 5 heteroatoms. The van der Waals surface area contributed by atoms with Crippen LogP contribution in [-0.2, 0) is 13.1 Å². The van der Waals surface area contributed by atoms with E-state index in [4.69, 9.17) is 4.42 Å². The second kappa shape index (κ2) is 6.24. The summed E-state index contributed by atoms with van der Waals surface area (Å²) >= 11 is 0. The third kappa shape index (κ3) is 2.76. The van der Waals surface area contributed by atoms with Crippen LogP contribution >= 0.6 is 0 Å². The van der Waals surface area contributed by atoms with Crippen LogP contribution in [0.4, 0.5) is 8.78 Å². The molecule has 124 valence electrons. The van der Waals surface area contributed by atoms with Gasteiger partial charge in [0.05, 0.1) is 18.6 Å². The lowest BCUT2D eigenvalue weighted by atomic mass is 10.0. The van der Waals surface area contributed by atoms with Crippen molar-refractivity contribution in [2.75, 3.05) is 6.54 Å². The molecule has 3 nitrogen and oxygen atoms in total. The predicted molar refractivity (Wildman–Crippen MR) is 86.4 cm³/mol. The van der Waals surface area contributed by atoms with Gasteiger partial charge < -0.3 is 8.98 Å². The average Bonchev–Trinajstić information content (AvgIpc) is 3.22. The van der Waals surface area contributed by atoms with Crippen LogP contribution in [0.3, 0.4) is 0 Å². The van der Waals surface area contributed by atoms with Crippen LogP contribution in [0.1, 0.15) is 29.3 Å². The zero-order chi connectivity index (χ0) is 16.5. The first kappa shape index (κ1) is 15.1. The van der Waals surface area contributed by atoms with Crippen LogP contribution in [0.2, 0.25) is 0 Å². The second-order valence-electron chi connectivity index (χ2n) is 6.15. The van der Waals surface area contributed by atoms with E-state index in [-0.39, 0.29) is 11.9 Å². The highest BCUT2D eigenvalue weighted by molar-refractivity contribution is 5.28. The molecule has 0 spiro atoms. The summed E-state index contributed by atoms with van der Waals surface area (Å²) in [5.74, 6) is -0.786. The van der Waals surface area contributed by atoms with Crippen LogP contribution in [0, 0.1) is 11.6 Å². The quantitative estimate of drug-likeness (QED) is 0.712. The minimum Gasteiger partial charge on any atom is -0.472 e. The highest BCUT2D eigenvalue weighted by atomic mass is 19.1. The molecule has 24 heavy (non-hydrogen) atoms. The lowest BCUT2D eigenvalue weighted by Gasteiger charge is -2.29. The molecular weight excluding hydrogens is 310 g/mol. The lowest BCUT2D eigenvalue weighted by Crippen LogP contribution is -2.29. The monoisotopic (exact) mass is 328 g/mol. The summed E-state index contributed by atoms with van der Waals surface area (Å²) in [5.41, 5.74) is 2.54.